The fourth-order valence-corrected chi connectivity index (χ4v) is 3.44. The van der Waals surface area contributed by atoms with Crippen LogP contribution in [0.4, 0.5) is 0 Å². The lowest BCUT2D eigenvalue weighted by atomic mass is 9.49. The van der Waals surface area contributed by atoms with Crippen molar-refractivity contribution in [1.29, 1.82) is 0 Å². The van der Waals surface area contributed by atoms with E-state index in [9.17, 15) is 5.11 Å². The molecule has 4 atom stereocenters. The quantitative estimate of drug-likeness (QED) is 0.697. The van der Waals surface area contributed by atoms with E-state index in [0.29, 0.717) is 23.8 Å². The summed E-state index contributed by atoms with van der Waals surface area (Å²) in [7, 11) is 6.34. The van der Waals surface area contributed by atoms with E-state index in [1.165, 1.54) is 0 Å². The number of hydrogen-bond donors (Lipinski definition) is 1. The third kappa shape index (κ3) is 2.44. The predicted molar refractivity (Wildman–Crippen MR) is 79.8 cm³/mol. The number of piperidine rings is 1. The zero-order chi connectivity index (χ0) is 13.6. The SMILES string of the molecule is BC1(O)CC(C(C)C)C(C(C)C)N(C)C1(B)C. The molecule has 1 rings (SSSR count). The minimum absolute atomic E-state index is 0.159. The summed E-state index contributed by atoms with van der Waals surface area (Å²) in [4.78, 5) is 2.41. The van der Waals surface area contributed by atoms with Gasteiger partial charge in [0.1, 0.15) is 15.7 Å². The molecule has 17 heavy (non-hydrogen) atoms. The average Bonchev–Trinajstić information content (AvgIpc) is 2.13. The Balaban J connectivity index is 3.13. The molecule has 98 valence electrons. The van der Waals surface area contributed by atoms with Gasteiger partial charge in [-0.25, -0.2) is 0 Å². The Bertz CT molecular complexity index is 275. The van der Waals surface area contributed by atoms with Crippen molar-refractivity contribution in [2.45, 2.75) is 58.0 Å². The summed E-state index contributed by atoms with van der Waals surface area (Å²) in [6.45, 7) is 11.3. The molecule has 0 saturated carbocycles. The molecule has 0 bridgehead atoms. The van der Waals surface area contributed by atoms with Gasteiger partial charge in [-0.3, -0.25) is 0 Å². The summed E-state index contributed by atoms with van der Waals surface area (Å²) in [5, 5.41) is 10.7. The lowest BCUT2D eigenvalue weighted by Crippen LogP contribution is -2.72. The van der Waals surface area contributed by atoms with Gasteiger partial charge in [0.2, 0.25) is 0 Å². The normalized spacial score (nSPS) is 44.5. The van der Waals surface area contributed by atoms with Crippen molar-refractivity contribution in [3.05, 3.63) is 0 Å². The average molecular weight is 237 g/mol. The van der Waals surface area contributed by atoms with E-state index in [2.05, 4.69) is 54.4 Å². The third-order valence-corrected chi connectivity index (χ3v) is 5.26. The summed E-state index contributed by atoms with van der Waals surface area (Å²) in [6, 6.07) is 0.560. The fourth-order valence-electron chi connectivity index (χ4n) is 3.44. The molecule has 4 heteroatoms. The Labute approximate surface area is 109 Å². The number of hydrogen-bond acceptors (Lipinski definition) is 2. The Morgan fingerprint density at radius 1 is 1.18 bits per heavy atom. The van der Waals surface area contributed by atoms with Crippen molar-refractivity contribution in [2.24, 2.45) is 17.8 Å². The van der Waals surface area contributed by atoms with Crippen molar-refractivity contribution >= 4 is 15.7 Å². The molecule has 1 aliphatic heterocycles. The second-order valence-corrected chi connectivity index (χ2v) is 7.29. The van der Waals surface area contributed by atoms with Crippen LogP contribution in [0.3, 0.4) is 0 Å². The van der Waals surface area contributed by atoms with Crippen LogP contribution in [0, 0.1) is 17.8 Å². The van der Waals surface area contributed by atoms with E-state index in [1.807, 2.05) is 7.85 Å². The van der Waals surface area contributed by atoms with Crippen molar-refractivity contribution < 1.29 is 5.11 Å². The van der Waals surface area contributed by atoms with Gasteiger partial charge in [-0.1, -0.05) is 34.6 Å². The maximum absolute atomic E-state index is 10.7. The highest BCUT2D eigenvalue weighted by Crippen LogP contribution is 2.43. The second-order valence-electron chi connectivity index (χ2n) is 7.29. The first-order valence-corrected chi connectivity index (χ1v) is 6.97. The Morgan fingerprint density at radius 2 is 1.65 bits per heavy atom. The highest BCUT2D eigenvalue weighted by Gasteiger charge is 2.52. The predicted octanol–water partition coefficient (Wildman–Crippen LogP) is 0.290. The summed E-state index contributed by atoms with van der Waals surface area (Å²) in [6.07, 6.45) is 0.908. The van der Waals surface area contributed by atoms with Crippen LogP contribution in [0.15, 0.2) is 0 Å². The van der Waals surface area contributed by atoms with Crippen LogP contribution in [0.5, 0.6) is 0 Å². The Morgan fingerprint density at radius 3 is 2.00 bits per heavy atom. The molecule has 0 aromatic rings. The number of rotatable bonds is 2. The van der Waals surface area contributed by atoms with Crippen LogP contribution in [-0.2, 0) is 0 Å². The molecule has 4 unspecified atom stereocenters. The Hall–Kier alpha value is 0.0499. The van der Waals surface area contributed by atoms with Crippen LogP contribution in [0.25, 0.3) is 0 Å². The molecule has 0 aliphatic carbocycles. The standard InChI is InChI=1S/C13H29B2NO/c1-8(2)10-7-13(15,17)12(5,14)16(6)11(10)9(3)4/h8-11,17H,7,14-15H2,1-6H3. The molecule has 0 amide bonds. The molecule has 0 aromatic heterocycles. The lowest BCUT2D eigenvalue weighted by Gasteiger charge is -2.60. The maximum atomic E-state index is 10.7. The molecule has 2 nitrogen and oxygen atoms in total. The topological polar surface area (TPSA) is 23.5 Å². The highest BCUT2D eigenvalue weighted by atomic mass is 16.3. The van der Waals surface area contributed by atoms with Gasteiger partial charge in [0, 0.05) is 17.0 Å². The van der Waals surface area contributed by atoms with E-state index in [-0.39, 0.29) is 5.44 Å². The van der Waals surface area contributed by atoms with Crippen molar-refractivity contribution in [3.63, 3.8) is 0 Å². The van der Waals surface area contributed by atoms with Gasteiger partial charge in [0.15, 0.2) is 0 Å². The monoisotopic (exact) mass is 237 g/mol. The smallest absolute Gasteiger partial charge is 0.144 e. The van der Waals surface area contributed by atoms with Gasteiger partial charge in [0.25, 0.3) is 0 Å². The van der Waals surface area contributed by atoms with Gasteiger partial charge in [-0.2, -0.15) is 0 Å². The van der Waals surface area contributed by atoms with Crippen molar-refractivity contribution in [1.82, 2.24) is 4.90 Å². The molecule has 1 N–H and O–H groups in total. The summed E-state index contributed by atoms with van der Waals surface area (Å²) < 4.78 is 0. The van der Waals surface area contributed by atoms with Gasteiger partial charge in [-0.15, -0.1) is 0 Å². The van der Waals surface area contributed by atoms with Crippen LogP contribution in [0.1, 0.15) is 41.0 Å². The minimum Gasteiger partial charge on any atom is -0.398 e. The van der Waals surface area contributed by atoms with Gasteiger partial charge in [-0.05, 0) is 31.2 Å². The largest absolute Gasteiger partial charge is 0.398 e. The van der Waals surface area contributed by atoms with Crippen LogP contribution >= 0.6 is 0 Å². The van der Waals surface area contributed by atoms with E-state index >= 15 is 0 Å². The maximum Gasteiger partial charge on any atom is 0.144 e. The highest BCUT2D eigenvalue weighted by molar-refractivity contribution is 6.25. The summed E-state index contributed by atoms with van der Waals surface area (Å²) >= 11 is 0. The summed E-state index contributed by atoms with van der Waals surface area (Å²) in [5.74, 6) is 1.82. The molecule has 0 aromatic carbocycles. The van der Waals surface area contributed by atoms with Crippen LogP contribution in [-0.4, -0.2) is 49.7 Å². The van der Waals surface area contributed by atoms with E-state index < -0.39 is 5.50 Å². The molecule has 1 saturated heterocycles. The van der Waals surface area contributed by atoms with Crippen LogP contribution in [0.2, 0.25) is 0 Å². The lowest BCUT2D eigenvalue weighted by molar-refractivity contribution is -0.102. The molecule has 1 fully saturated rings. The van der Waals surface area contributed by atoms with E-state index in [4.69, 9.17) is 0 Å². The van der Waals surface area contributed by atoms with Crippen LogP contribution < -0.4 is 0 Å². The minimum atomic E-state index is -0.609. The first kappa shape index (κ1) is 15.1. The molecule has 1 heterocycles. The first-order valence-electron chi connectivity index (χ1n) is 6.97. The molecule has 0 spiro atoms. The number of nitrogens with zero attached hydrogens (tertiary/aromatic N) is 1. The first-order chi connectivity index (χ1) is 7.52. The van der Waals surface area contributed by atoms with E-state index in [0.717, 1.165) is 6.42 Å². The zero-order valence-electron chi connectivity index (χ0n) is 12.9. The van der Waals surface area contributed by atoms with Crippen molar-refractivity contribution in [2.75, 3.05) is 7.05 Å². The molecule has 0 radical (unpaired) electrons. The zero-order valence-corrected chi connectivity index (χ0v) is 12.9. The number of likely N-dealkylation sites (tertiary alicyclic amines) is 1. The van der Waals surface area contributed by atoms with Gasteiger partial charge in [0.05, 0.1) is 0 Å². The van der Waals surface area contributed by atoms with Crippen molar-refractivity contribution in [3.8, 4) is 0 Å². The Kier molecular flexibility index (Phi) is 4.11. The number of aliphatic hydroxyl groups is 1. The third-order valence-electron chi connectivity index (χ3n) is 5.26. The van der Waals surface area contributed by atoms with Gasteiger partial charge < -0.3 is 10.0 Å². The van der Waals surface area contributed by atoms with E-state index in [1.54, 1.807) is 0 Å². The molecular formula is C13H29B2NO. The molecular weight excluding hydrogens is 208 g/mol. The fraction of sp³-hybridized carbons (Fsp3) is 1.00. The molecule has 1 aliphatic rings. The van der Waals surface area contributed by atoms with Gasteiger partial charge >= 0.3 is 0 Å². The second kappa shape index (κ2) is 4.62. The summed E-state index contributed by atoms with van der Waals surface area (Å²) in [5.41, 5.74) is -0.768. The number of likely N-dealkylation sites (N-methyl/N-ethyl adjacent to an activating group) is 1.